The summed E-state index contributed by atoms with van der Waals surface area (Å²) in [6.45, 7) is 1.37. The molecule has 11 N–H and O–H groups in total. The van der Waals surface area contributed by atoms with E-state index in [-0.39, 0.29) is 18.9 Å². The molecule has 0 saturated carbocycles. The number of aliphatic carboxylic acids is 1. The number of aliphatic hydroxyl groups excluding tert-OH is 2. The number of nitrogens with one attached hydrogen (secondary N) is 2. The average Bonchev–Trinajstić information content (AvgIpc) is 3.68. The van der Waals surface area contributed by atoms with Gasteiger partial charge >= 0.3 is 0 Å². The Morgan fingerprint density at radius 3 is 1.42 bits per heavy atom. The van der Waals surface area contributed by atoms with Crippen molar-refractivity contribution in [2.24, 2.45) is 0 Å². The molecule has 0 fully saturated rings. The highest BCUT2D eigenvalue weighted by Gasteiger charge is 2.12. The first kappa shape index (κ1) is 51.8. The molecule has 7 rings (SSSR count). The minimum absolute atomic E-state index is 0.146. The van der Waals surface area contributed by atoms with Crippen LogP contribution < -0.4 is 36.7 Å². The number of halogens is 6. The van der Waals surface area contributed by atoms with Crippen LogP contribution in [-0.4, -0.2) is 43.8 Å². The summed E-state index contributed by atoms with van der Waals surface area (Å²) in [5.41, 5.74) is 23.0. The van der Waals surface area contributed by atoms with Crippen molar-refractivity contribution in [2.75, 3.05) is 29.1 Å². The van der Waals surface area contributed by atoms with Crippen molar-refractivity contribution >= 4 is 115 Å². The Bertz CT molecular complexity index is 2670. The zero-order valence-corrected chi connectivity index (χ0v) is 38.8. The van der Waals surface area contributed by atoms with Gasteiger partial charge in [0.2, 0.25) is 5.91 Å². The molecule has 342 valence electrons. The highest BCUT2D eigenvalue weighted by Crippen LogP contribution is 2.34. The van der Waals surface area contributed by atoms with Gasteiger partial charge in [0.15, 0.2) is 0 Å². The lowest BCUT2D eigenvalue weighted by molar-refractivity contribution is -0.134. The second-order valence-electron chi connectivity index (χ2n) is 13.4. The number of nitrogens with zero attached hydrogens (tertiary/aromatic N) is 1. The molecule has 0 aliphatic heterocycles. The first-order valence-corrected chi connectivity index (χ1v) is 21.2. The molecular formula is C45H42Cl6N6O8. The van der Waals surface area contributed by atoms with Crippen LogP contribution in [0.5, 0.6) is 17.2 Å². The highest BCUT2D eigenvalue weighted by atomic mass is 35.5. The number of carbonyl (C=O) groups is 2. The maximum atomic E-state index is 11.2. The number of amides is 1. The number of benzene rings is 6. The van der Waals surface area contributed by atoms with Crippen molar-refractivity contribution in [1.29, 1.82) is 0 Å². The molecule has 20 heteroatoms. The average molecular weight is 1010 g/mol. The van der Waals surface area contributed by atoms with Gasteiger partial charge in [-0.1, -0.05) is 106 Å². The number of aromatic amines is 1. The molecule has 0 unspecified atom stereocenters. The van der Waals surface area contributed by atoms with Gasteiger partial charge in [-0.15, -0.1) is 0 Å². The summed E-state index contributed by atoms with van der Waals surface area (Å²) in [5.74, 6) is 0.529. The van der Waals surface area contributed by atoms with E-state index in [0.717, 1.165) is 29.1 Å². The Morgan fingerprint density at radius 1 is 0.600 bits per heavy atom. The van der Waals surface area contributed by atoms with Crippen LogP contribution in [0.2, 0.25) is 30.1 Å². The molecule has 0 atom stereocenters. The topological polar surface area (TPSA) is 241 Å². The van der Waals surface area contributed by atoms with E-state index in [0.29, 0.717) is 89.0 Å². The number of imidazole rings is 1. The van der Waals surface area contributed by atoms with Crippen LogP contribution in [0.15, 0.2) is 109 Å². The molecule has 7 aromatic rings. The third-order valence-corrected chi connectivity index (χ3v) is 9.96. The standard InChI is InChI=1S/C15H14Cl2N2O3.C15H12Cl2N2O2.C13H12Cl2N2O.C2H4O2/c16-10-3-1-9(2-4-10)8-22-14-6-13(19-15(21)7-20)12(18)5-11(14)17;16-10-3-1-9(2-4-10)8-21-14-6-13-12(5-11(14)17)18-15(7-20)19-13;14-9-3-1-8(2-4-9)7-18-13-6-12(17)11(16)5-10(13)15;1-2(3)4/h1-6,20H,7-8,18H2,(H,19,21);1-6,20H,7-8H2,(H,18,19);1-6H,7,16-17H2;1H3,(H,3,4). The number of carbonyl (C=O) groups excluding carboxylic acids is 1. The summed E-state index contributed by atoms with van der Waals surface area (Å²) in [5, 5.41) is 31.0. The molecule has 1 heterocycles. The van der Waals surface area contributed by atoms with Gasteiger partial charge in [-0.25, -0.2) is 4.98 Å². The molecule has 1 aromatic heterocycles. The summed E-state index contributed by atoms with van der Waals surface area (Å²) >= 11 is 35.7. The van der Waals surface area contributed by atoms with E-state index in [1.807, 2.05) is 48.5 Å². The number of hydrogen-bond acceptors (Lipinski definition) is 11. The van der Waals surface area contributed by atoms with Gasteiger partial charge < -0.3 is 57.0 Å². The van der Waals surface area contributed by atoms with E-state index in [4.69, 9.17) is 121 Å². The van der Waals surface area contributed by atoms with E-state index in [9.17, 15) is 4.79 Å². The van der Waals surface area contributed by atoms with Crippen LogP contribution in [0.1, 0.15) is 29.4 Å². The minimum atomic E-state index is -0.833. The van der Waals surface area contributed by atoms with E-state index in [2.05, 4.69) is 15.3 Å². The third-order valence-electron chi connectivity index (χ3n) is 8.32. The SMILES string of the molecule is CC(=O)O.Nc1cc(Cl)c(OCc2ccc(Cl)cc2)cc1N.Nc1cc(Cl)c(OCc2ccc(Cl)cc2)cc1NC(=O)CO.OCc1nc2cc(OCc3ccc(Cl)cc3)c(Cl)cc2[nH]1. The van der Waals surface area contributed by atoms with Gasteiger partial charge in [0.25, 0.3) is 5.97 Å². The number of carboxylic acids is 1. The normalized spacial score (nSPS) is 10.3. The molecule has 0 spiro atoms. The number of aromatic nitrogens is 2. The lowest BCUT2D eigenvalue weighted by Crippen LogP contribution is -2.16. The number of nitrogen functional groups attached to an aromatic ring is 3. The quantitative estimate of drug-likeness (QED) is 0.0533. The van der Waals surface area contributed by atoms with E-state index >= 15 is 0 Å². The molecule has 0 radical (unpaired) electrons. The monoisotopic (exact) mass is 1000 g/mol. The number of aliphatic hydroxyl groups is 2. The van der Waals surface area contributed by atoms with Crippen LogP contribution >= 0.6 is 69.6 Å². The fraction of sp³-hybridized carbons (Fsp3) is 0.133. The van der Waals surface area contributed by atoms with E-state index in [1.54, 1.807) is 48.5 Å². The predicted octanol–water partition coefficient (Wildman–Crippen LogP) is 10.9. The molecule has 0 saturated heterocycles. The molecule has 0 aliphatic carbocycles. The number of anilines is 4. The molecular weight excluding hydrogens is 965 g/mol. The number of H-pyrrole nitrogens is 1. The summed E-state index contributed by atoms with van der Waals surface area (Å²) in [7, 11) is 0. The summed E-state index contributed by atoms with van der Waals surface area (Å²) in [4.78, 5) is 27.5. The maximum Gasteiger partial charge on any atom is 0.300 e. The Kier molecular flexibility index (Phi) is 20.4. The van der Waals surface area contributed by atoms with Crippen LogP contribution in [0.25, 0.3) is 11.0 Å². The Hall–Kier alpha value is -5.81. The molecule has 0 bridgehead atoms. The van der Waals surface area contributed by atoms with Crippen LogP contribution in [0, 0.1) is 0 Å². The van der Waals surface area contributed by atoms with Gasteiger partial charge in [-0.2, -0.15) is 0 Å². The van der Waals surface area contributed by atoms with Crippen molar-refractivity contribution in [3.63, 3.8) is 0 Å². The lowest BCUT2D eigenvalue weighted by atomic mass is 10.2. The summed E-state index contributed by atoms with van der Waals surface area (Å²) in [6.07, 6.45) is 0. The van der Waals surface area contributed by atoms with Gasteiger partial charge in [0, 0.05) is 40.2 Å². The van der Waals surface area contributed by atoms with Crippen molar-refractivity contribution in [3.05, 3.63) is 162 Å². The number of fused-ring (bicyclic) bond motifs is 1. The highest BCUT2D eigenvalue weighted by molar-refractivity contribution is 6.33. The zero-order chi connectivity index (χ0) is 47.6. The largest absolute Gasteiger partial charge is 0.487 e. The van der Waals surface area contributed by atoms with Crippen LogP contribution in [0.4, 0.5) is 22.7 Å². The molecule has 14 nitrogen and oxygen atoms in total. The third kappa shape index (κ3) is 17.3. The van der Waals surface area contributed by atoms with Crippen LogP contribution in [0.3, 0.4) is 0 Å². The first-order chi connectivity index (χ1) is 30.9. The number of nitrogens with two attached hydrogens (primary N) is 3. The van der Waals surface area contributed by atoms with Gasteiger partial charge in [-0.3, -0.25) is 9.59 Å². The Morgan fingerprint density at radius 2 is 0.985 bits per heavy atom. The van der Waals surface area contributed by atoms with Crippen molar-refractivity contribution in [1.82, 2.24) is 9.97 Å². The van der Waals surface area contributed by atoms with Crippen LogP contribution in [-0.2, 0) is 36.0 Å². The fourth-order valence-electron chi connectivity index (χ4n) is 5.15. The first-order valence-electron chi connectivity index (χ1n) is 18.9. The van der Waals surface area contributed by atoms with E-state index < -0.39 is 18.5 Å². The number of carboxylic acid groups (broad SMARTS) is 1. The Labute approximate surface area is 403 Å². The zero-order valence-electron chi connectivity index (χ0n) is 34.3. The Balaban J connectivity index is 0.000000206. The van der Waals surface area contributed by atoms with Gasteiger partial charge in [-0.05, 0) is 71.3 Å². The van der Waals surface area contributed by atoms with Gasteiger partial charge in [0.05, 0.1) is 48.9 Å². The number of rotatable bonds is 12. The van der Waals surface area contributed by atoms with Gasteiger partial charge in [0.1, 0.15) is 56.1 Å². The molecule has 0 aliphatic rings. The van der Waals surface area contributed by atoms with Crippen molar-refractivity contribution in [2.45, 2.75) is 33.4 Å². The second kappa shape index (κ2) is 25.6. The maximum absolute atomic E-state index is 11.2. The second-order valence-corrected chi connectivity index (χ2v) is 15.9. The van der Waals surface area contributed by atoms with Crippen molar-refractivity contribution < 1.29 is 39.1 Å². The smallest absolute Gasteiger partial charge is 0.300 e. The molecule has 1 amide bonds. The summed E-state index contributed by atoms with van der Waals surface area (Å²) in [6, 6.07) is 31.7. The van der Waals surface area contributed by atoms with Crippen molar-refractivity contribution in [3.8, 4) is 17.2 Å². The fourth-order valence-corrected chi connectivity index (χ4v) is 6.20. The molecule has 65 heavy (non-hydrogen) atoms. The number of hydrogen-bond donors (Lipinski definition) is 8. The lowest BCUT2D eigenvalue weighted by Gasteiger charge is -2.13. The minimum Gasteiger partial charge on any atom is -0.487 e. The summed E-state index contributed by atoms with van der Waals surface area (Å²) < 4.78 is 16.9. The predicted molar refractivity (Wildman–Crippen MR) is 260 cm³/mol. The molecule has 6 aromatic carbocycles. The number of ether oxygens (including phenoxy) is 3. The van der Waals surface area contributed by atoms with E-state index in [1.165, 1.54) is 12.1 Å².